The number of alkyl halides is 1. The van der Waals surface area contributed by atoms with E-state index in [-0.39, 0.29) is 11.9 Å². The number of hydrogen-bond donors (Lipinski definition) is 0. The van der Waals surface area contributed by atoms with Gasteiger partial charge in [0.05, 0.1) is 11.6 Å². The quantitative estimate of drug-likeness (QED) is 0.742. The first-order valence-corrected chi connectivity index (χ1v) is 6.77. The van der Waals surface area contributed by atoms with Gasteiger partial charge in [-0.05, 0) is 18.2 Å². The van der Waals surface area contributed by atoms with Crippen molar-refractivity contribution >= 4 is 33.2 Å². The van der Waals surface area contributed by atoms with E-state index in [1.807, 2.05) is 13.8 Å². The maximum absolute atomic E-state index is 13.5. The Bertz CT molecular complexity index is 411. The van der Waals surface area contributed by atoms with Gasteiger partial charge >= 0.3 is 0 Å². The summed E-state index contributed by atoms with van der Waals surface area (Å²) in [6.07, 6.45) is 0.414. The lowest BCUT2D eigenvalue weighted by atomic mass is 10.1. The topological polar surface area (TPSA) is 21.6 Å². The van der Waals surface area contributed by atoms with Crippen LogP contribution in [0.3, 0.4) is 0 Å². The Morgan fingerprint density at radius 1 is 1.53 bits per heavy atom. The van der Waals surface area contributed by atoms with Crippen LogP contribution in [0.4, 0.5) is 4.39 Å². The summed E-state index contributed by atoms with van der Waals surface area (Å²) in [6, 6.07) is 4.73. The molecule has 0 N–H and O–H groups in total. The second-order valence-corrected chi connectivity index (χ2v) is 4.47. The lowest BCUT2D eigenvalue weighted by Gasteiger charge is -2.02. The van der Waals surface area contributed by atoms with Crippen molar-refractivity contribution in [3.8, 4) is 0 Å². The Kier molecular flexibility index (Phi) is 5.92. The Morgan fingerprint density at radius 2 is 2.24 bits per heavy atom. The van der Waals surface area contributed by atoms with E-state index in [4.69, 9.17) is 16.4 Å². The second kappa shape index (κ2) is 6.97. The van der Waals surface area contributed by atoms with Crippen molar-refractivity contribution in [1.82, 2.24) is 0 Å². The highest BCUT2D eigenvalue weighted by atomic mass is 79.9. The van der Waals surface area contributed by atoms with Crippen molar-refractivity contribution in [3.05, 3.63) is 34.1 Å². The zero-order valence-corrected chi connectivity index (χ0v) is 12.1. The first kappa shape index (κ1) is 14.5. The van der Waals surface area contributed by atoms with Crippen LogP contribution in [0.5, 0.6) is 0 Å². The van der Waals surface area contributed by atoms with Crippen LogP contribution in [0, 0.1) is 5.82 Å². The molecule has 94 valence electrons. The highest BCUT2D eigenvalue weighted by Gasteiger charge is 2.23. The Labute approximate surface area is 114 Å². The van der Waals surface area contributed by atoms with Gasteiger partial charge in [0.1, 0.15) is 11.9 Å². The maximum Gasteiger partial charge on any atom is 0.146 e. The van der Waals surface area contributed by atoms with Gasteiger partial charge in [0, 0.05) is 16.5 Å². The molecule has 17 heavy (non-hydrogen) atoms. The molecule has 1 atom stereocenters. The monoisotopic (exact) mass is 321 g/mol. The molecule has 2 nitrogen and oxygen atoms in total. The molecule has 1 unspecified atom stereocenters. The summed E-state index contributed by atoms with van der Waals surface area (Å²) in [5, 5.41) is 3.83. The molecular weight excluding hydrogens is 308 g/mol. The van der Waals surface area contributed by atoms with E-state index >= 15 is 0 Å². The Morgan fingerprint density at radius 3 is 2.82 bits per heavy atom. The molecule has 0 bridgehead atoms. The van der Waals surface area contributed by atoms with Gasteiger partial charge in [-0.1, -0.05) is 34.9 Å². The van der Waals surface area contributed by atoms with E-state index in [1.165, 1.54) is 6.07 Å². The summed E-state index contributed by atoms with van der Waals surface area (Å²) in [4.78, 5) is 5.04. The lowest BCUT2D eigenvalue weighted by Crippen LogP contribution is -2.10. The zero-order chi connectivity index (χ0) is 12.8. The van der Waals surface area contributed by atoms with Crippen molar-refractivity contribution in [3.63, 3.8) is 0 Å². The molecule has 0 radical (unpaired) electrons. The second-order valence-electron chi connectivity index (χ2n) is 3.25. The van der Waals surface area contributed by atoms with Gasteiger partial charge in [-0.25, -0.2) is 4.39 Å². The standard InChI is InChI=1S/C10H8BrClFNO.C2H6/c11-6-1-2-9(13)8(3-6)10-4-7(5-12)15-14-10;1-2/h1-3,7H,4-5H2;1-2H3. The number of oxime groups is 1. The molecule has 0 aliphatic carbocycles. The molecular formula is C12H14BrClFNO. The highest BCUT2D eigenvalue weighted by Crippen LogP contribution is 2.22. The summed E-state index contributed by atoms with van der Waals surface area (Å²) in [6.45, 7) is 4.00. The lowest BCUT2D eigenvalue weighted by molar-refractivity contribution is 0.102. The van der Waals surface area contributed by atoms with E-state index in [1.54, 1.807) is 12.1 Å². The highest BCUT2D eigenvalue weighted by molar-refractivity contribution is 9.10. The molecule has 5 heteroatoms. The third-order valence-corrected chi connectivity index (χ3v) is 2.98. The summed E-state index contributed by atoms with van der Waals surface area (Å²) in [7, 11) is 0. The molecule has 1 aromatic carbocycles. The molecule has 1 heterocycles. The van der Waals surface area contributed by atoms with Gasteiger partial charge in [-0.3, -0.25) is 0 Å². The fourth-order valence-electron chi connectivity index (χ4n) is 1.39. The summed E-state index contributed by atoms with van der Waals surface area (Å²) in [5.41, 5.74) is 1.08. The van der Waals surface area contributed by atoms with Crippen LogP contribution in [0.1, 0.15) is 25.8 Å². The zero-order valence-electron chi connectivity index (χ0n) is 9.71. The van der Waals surface area contributed by atoms with Gasteiger partial charge in [0.15, 0.2) is 0 Å². The van der Waals surface area contributed by atoms with Crippen LogP contribution in [0.25, 0.3) is 0 Å². The minimum atomic E-state index is -0.296. The first-order valence-electron chi connectivity index (χ1n) is 5.45. The van der Waals surface area contributed by atoms with Gasteiger partial charge in [0.25, 0.3) is 0 Å². The van der Waals surface area contributed by atoms with Crippen LogP contribution >= 0.6 is 27.5 Å². The van der Waals surface area contributed by atoms with Gasteiger partial charge in [0.2, 0.25) is 0 Å². The number of hydrogen-bond acceptors (Lipinski definition) is 2. The maximum atomic E-state index is 13.5. The van der Waals surface area contributed by atoms with Crippen LogP contribution in [0.15, 0.2) is 27.8 Å². The molecule has 0 amide bonds. The molecule has 0 fully saturated rings. The van der Waals surface area contributed by atoms with E-state index in [2.05, 4.69) is 21.1 Å². The molecule has 1 aromatic rings. The SMILES string of the molecule is CC.Fc1ccc(Br)cc1C1=NOC(CCl)C1. The Balaban J connectivity index is 0.000000686. The van der Waals surface area contributed by atoms with Crippen LogP contribution < -0.4 is 0 Å². The summed E-state index contributed by atoms with van der Waals surface area (Å²) < 4.78 is 14.3. The fourth-order valence-corrected chi connectivity index (χ4v) is 1.92. The van der Waals surface area contributed by atoms with Crippen molar-refractivity contribution in [2.45, 2.75) is 26.4 Å². The van der Waals surface area contributed by atoms with E-state index in [0.29, 0.717) is 23.6 Å². The molecule has 2 rings (SSSR count). The average molecular weight is 323 g/mol. The van der Waals surface area contributed by atoms with Crippen LogP contribution in [0.2, 0.25) is 0 Å². The smallest absolute Gasteiger partial charge is 0.146 e. The van der Waals surface area contributed by atoms with Gasteiger partial charge in [-0.2, -0.15) is 0 Å². The van der Waals surface area contributed by atoms with Crippen LogP contribution in [-0.2, 0) is 4.84 Å². The number of benzene rings is 1. The molecule has 1 aliphatic rings. The largest absolute Gasteiger partial charge is 0.391 e. The van der Waals surface area contributed by atoms with Crippen molar-refractivity contribution in [2.24, 2.45) is 5.16 Å². The number of nitrogens with zero attached hydrogens (tertiary/aromatic N) is 1. The predicted molar refractivity (Wildman–Crippen MR) is 72.2 cm³/mol. The third kappa shape index (κ3) is 3.68. The van der Waals surface area contributed by atoms with Crippen molar-refractivity contribution in [2.75, 3.05) is 5.88 Å². The van der Waals surface area contributed by atoms with E-state index in [0.717, 1.165) is 4.47 Å². The van der Waals surface area contributed by atoms with Crippen molar-refractivity contribution < 1.29 is 9.23 Å². The number of halogens is 3. The third-order valence-electron chi connectivity index (χ3n) is 2.14. The minimum absolute atomic E-state index is 0.139. The first-order chi connectivity index (χ1) is 8.20. The molecule has 1 aliphatic heterocycles. The molecule has 0 saturated heterocycles. The number of rotatable bonds is 2. The molecule has 0 aromatic heterocycles. The molecule has 0 spiro atoms. The van der Waals surface area contributed by atoms with E-state index in [9.17, 15) is 4.39 Å². The van der Waals surface area contributed by atoms with Gasteiger partial charge < -0.3 is 4.84 Å². The minimum Gasteiger partial charge on any atom is -0.391 e. The van der Waals surface area contributed by atoms with Crippen molar-refractivity contribution in [1.29, 1.82) is 0 Å². The summed E-state index contributed by atoms with van der Waals surface area (Å²) >= 11 is 8.92. The van der Waals surface area contributed by atoms with E-state index < -0.39 is 0 Å². The summed E-state index contributed by atoms with van der Waals surface area (Å²) in [5.74, 6) is 0.0681. The normalized spacial score (nSPS) is 17.9. The van der Waals surface area contributed by atoms with Gasteiger partial charge in [-0.15, -0.1) is 11.6 Å². The average Bonchev–Trinajstić information content (AvgIpc) is 2.83. The predicted octanol–water partition coefficient (Wildman–Crippen LogP) is 4.35. The molecule has 0 saturated carbocycles. The fraction of sp³-hybridized carbons (Fsp3) is 0.417. The van der Waals surface area contributed by atoms with Crippen LogP contribution in [-0.4, -0.2) is 17.7 Å². The Hall–Kier alpha value is -0.610.